The first-order chi connectivity index (χ1) is 11.9. The Hall–Kier alpha value is -1.56. The molecule has 3 nitrogen and oxygen atoms in total. The van der Waals surface area contributed by atoms with Crippen LogP contribution in [0.3, 0.4) is 0 Å². The van der Waals surface area contributed by atoms with Crippen LogP contribution in [0.4, 0.5) is 18.9 Å². The standard InChI is InChI=1S/C19H25F3N2O/c20-19(21,22)16-8-4-5-9-17(16)23-18(25)13-24(15-10-11-15)12-14-6-2-1-3-7-14/h4-5,8-9,14-15H,1-3,6-7,10-13H2,(H,23,25). The lowest BCUT2D eigenvalue weighted by molar-refractivity contribution is -0.137. The van der Waals surface area contributed by atoms with Crippen LogP contribution >= 0.6 is 0 Å². The van der Waals surface area contributed by atoms with Crippen molar-refractivity contribution in [1.29, 1.82) is 0 Å². The van der Waals surface area contributed by atoms with Gasteiger partial charge in [-0.3, -0.25) is 9.69 Å². The van der Waals surface area contributed by atoms with Crippen molar-refractivity contribution in [1.82, 2.24) is 4.90 Å². The van der Waals surface area contributed by atoms with E-state index in [-0.39, 0.29) is 18.1 Å². The molecule has 3 rings (SSSR count). The highest BCUT2D eigenvalue weighted by Crippen LogP contribution is 2.35. The summed E-state index contributed by atoms with van der Waals surface area (Å²) in [6.07, 6.45) is 3.86. The molecule has 0 radical (unpaired) electrons. The van der Waals surface area contributed by atoms with Gasteiger partial charge in [0.1, 0.15) is 0 Å². The minimum atomic E-state index is -4.47. The van der Waals surface area contributed by atoms with Crippen molar-refractivity contribution >= 4 is 11.6 Å². The van der Waals surface area contributed by atoms with Crippen LogP contribution in [0, 0.1) is 5.92 Å². The quantitative estimate of drug-likeness (QED) is 0.804. The molecule has 0 bridgehead atoms. The third-order valence-electron chi connectivity index (χ3n) is 5.13. The van der Waals surface area contributed by atoms with Crippen molar-refractivity contribution in [2.75, 3.05) is 18.4 Å². The SMILES string of the molecule is O=C(CN(CC1CCCCC1)C1CC1)Nc1ccccc1C(F)(F)F. The minimum absolute atomic E-state index is 0.159. The number of nitrogens with zero attached hydrogens (tertiary/aromatic N) is 1. The second kappa shape index (κ2) is 7.77. The average Bonchev–Trinajstić information content (AvgIpc) is 3.39. The van der Waals surface area contributed by atoms with Gasteiger partial charge in [-0.05, 0) is 43.7 Å². The molecule has 1 aromatic rings. The van der Waals surface area contributed by atoms with Gasteiger partial charge in [0.2, 0.25) is 5.91 Å². The lowest BCUT2D eigenvalue weighted by atomic mass is 9.89. The molecule has 2 aliphatic carbocycles. The van der Waals surface area contributed by atoms with Gasteiger partial charge in [-0.2, -0.15) is 13.2 Å². The van der Waals surface area contributed by atoms with Crippen molar-refractivity contribution in [3.63, 3.8) is 0 Å². The van der Waals surface area contributed by atoms with Gasteiger partial charge in [0, 0.05) is 12.6 Å². The van der Waals surface area contributed by atoms with Gasteiger partial charge in [0.05, 0.1) is 17.8 Å². The van der Waals surface area contributed by atoms with Gasteiger partial charge in [0.15, 0.2) is 0 Å². The number of rotatable bonds is 6. The molecule has 1 amide bonds. The van der Waals surface area contributed by atoms with Crippen molar-refractivity contribution in [3.8, 4) is 0 Å². The van der Waals surface area contributed by atoms with E-state index in [9.17, 15) is 18.0 Å². The molecule has 2 aliphatic rings. The largest absolute Gasteiger partial charge is 0.418 e. The summed E-state index contributed by atoms with van der Waals surface area (Å²) in [5, 5.41) is 2.47. The number of hydrogen-bond donors (Lipinski definition) is 1. The molecule has 138 valence electrons. The van der Waals surface area contributed by atoms with Crippen LogP contribution in [0.15, 0.2) is 24.3 Å². The van der Waals surface area contributed by atoms with Crippen molar-refractivity contribution < 1.29 is 18.0 Å². The Morgan fingerprint density at radius 1 is 1.08 bits per heavy atom. The molecule has 2 saturated carbocycles. The van der Waals surface area contributed by atoms with Crippen LogP contribution in [-0.4, -0.2) is 29.9 Å². The number of halogens is 3. The highest BCUT2D eigenvalue weighted by Gasteiger charge is 2.35. The molecule has 0 heterocycles. The summed E-state index contributed by atoms with van der Waals surface area (Å²) in [7, 11) is 0. The maximum absolute atomic E-state index is 13.0. The van der Waals surface area contributed by atoms with Gasteiger partial charge in [-0.15, -0.1) is 0 Å². The fourth-order valence-electron chi connectivity index (χ4n) is 3.70. The van der Waals surface area contributed by atoms with Gasteiger partial charge in [-0.1, -0.05) is 31.4 Å². The first-order valence-electron chi connectivity index (χ1n) is 9.13. The predicted octanol–water partition coefficient (Wildman–Crippen LogP) is 4.69. The Kier molecular flexibility index (Phi) is 5.67. The third-order valence-corrected chi connectivity index (χ3v) is 5.13. The van der Waals surface area contributed by atoms with Gasteiger partial charge in [-0.25, -0.2) is 0 Å². The first-order valence-corrected chi connectivity index (χ1v) is 9.13. The number of para-hydroxylation sites is 1. The smallest absolute Gasteiger partial charge is 0.324 e. The Morgan fingerprint density at radius 2 is 1.76 bits per heavy atom. The summed E-state index contributed by atoms with van der Waals surface area (Å²) in [6, 6.07) is 5.56. The number of nitrogens with one attached hydrogen (secondary N) is 1. The lowest BCUT2D eigenvalue weighted by Crippen LogP contribution is -2.38. The first kappa shape index (κ1) is 18.2. The Bertz CT molecular complexity index is 593. The maximum atomic E-state index is 13.0. The number of amides is 1. The minimum Gasteiger partial charge on any atom is -0.324 e. The van der Waals surface area contributed by atoms with E-state index < -0.39 is 11.7 Å². The van der Waals surface area contributed by atoms with Crippen molar-refractivity contribution in [3.05, 3.63) is 29.8 Å². The number of carbonyl (C=O) groups is 1. The number of carbonyl (C=O) groups excluding carboxylic acids is 1. The second-order valence-corrected chi connectivity index (χ2v) is 7.26. The lowest BCUT2D eigenvalue weighted by Gasteiger charge is -2.29. The molecular weight excluding hydrogens is 329 g/mol. The van der Waals surface area contributed by atoms with Crippen LogP contribution in [-0.2, 0) is 11.0 Å². The van der Waals surface area contributed by atoms with Crippen LogP contribution in [0.2, 0.25) is 0 Å². The van der Waals surface area contributed by atoms with Gasteiger partial charge >= 0.3 is 6.18 Å². The molecular formula is C19H25F3N2O. The van der Waals surface area contributed by atoms with Gasteiger partial charge < -0.3 is 5.32 Å². The summed E-state index contributed by atoms with van der Waals surface area (Å²) < 4.78 is 39.1. The third kappa shape index (κ3) is 5.21. The molecule has 0 spiro atoms. The van der Waals surface area contributed by atoms with E-state index in [1.807, 2.05) is 0 Å². The van der Waals surface area contributed by atoms with Crippen molar-refractivity contribution in [2.24, 2.45) is 5.92 Å². The maximum Gasteiger partial charge on any atom is 0.418 e. The predicted molar refractivity (Wildman–Crippen MR) is 91.2 cm³/mol. The number of alkyl halides is 3. The highest BCUT2D eigenvalue weighted by molar-refractivity contribution is 5.93. The molecule has 1 N–H and O–H groups in total. The fourth-order valence-corrected chi connectivity index (χ4v) is 3.70. The summed E-state index contributed by atoms with van der Waals surface area (Å²) >= 11 is 0. The summed E-state index contributed by atoms with van der Waals surface area (Å²) in [4.78, 5) is 14.5. The van der Waals surface area contributed by atoms with Crippen LogP contribution in [0.1, 0.15) is 50.5 Å². The van der Waals surface area contributed by atoms with E-state index in [1.54, 1.807) is 0 Å². The Labute approximate surface area is 146 Å². The number of benzene rings is 1. The summed E-state index contributed by atoms with van der Waals surface area (Å²) in [5.74, 6) is 0.254. The van der Waals surface area contributed by atoms with E-state index in [0.29, 0.717) is 12.0 Å². The average molecular weight is 354 g/mol. The van der Waals surface area contributed by atoms with Crippen LogP contribution < -0.4 is 5.32 Å². The summed E-state index contributed by atoms with van der Waals surface area (Å²) in [6.45, 7) is 1.06. The Balaban J connectivity index is 1.60. The topological polar surface area (TPSA) is 32.3 Å². The number of hydrogen-bond acceptors (Lipinski definition) is 2. The van der Waals surface area contributed by atoms with E-state index >= 15 is 0 Å². The van der Waals surface area contributed by atoms with Crippen molar-refractivity contribution in [2.45, 2.75) is 57.2 Å². The van der Waals surface area contributed by atoms with Crippen LogP contribution in [0.5, 0.6) is 0 Å². The molecule has 1 aromatic carbocycles. The Morgan fingerprint density at radius 3 is 2.40 bits per heavy atom. The second-order valence-electron chi connectivity index (χ2n) is 7.26. The zero-order valence-corrected chi connectivity index (χ0v) is 14.3. The van der Waals surface area contributed by atoms with E-state index in [4.69, 9.17) is 0 Å². The molecule has 0 aromatic heterocycles. The molecule has 25 heavy (non-hydrogen) atoms. The van der Waals surface area contributed by atoms with Gasteiger partial charge in [0.25, 0.3) is 0 Å². The normalized spacial score (nSPS) is 19.2. The zero-order chi connectivity index (χ0) is 17.9. The van der Waals surface area contributed by atoms with Crippen LogP contribution in [0.25, 0.3) is 0 Å². The molecule has 0 atom stereocenters. The fraction of sp³-hybridized carbons (Fsp3) is 0.632. The molecule has 0 unspecified atom stereocenters. The van der Waals surface area contributed by atoms with E-state index in [1.165, 1.54) is 50.3 Å². The number of anilines is 1. The molecule has 0 saturated heterocycles. The highest BCUT2D eigenvalue weighted by atomic mass is 19.4. The molecule has 6 heteroatoms. The molecule has 2 fully saturated rings. The van der Waals surface area contributed by atoms with E-state index in [0.717, 1.165) is 25.5 Å². The monoisotopic (exact) mass is 354 g/mol. The molecule has 0 aliphatic heterocycles. The van der Waals surface area contributed by atoms with E-state index in [2.05, 4.69) is 10.2 Å². The zero-order valence-electron chi connectivity index (χ0n) is 14.3. The summed E-state index contributed by atoms with van der Waals surface area (Å²) in [5.41, 5.74) is -0.956.